The second-order valence-corrected chi connectivity index (χ2v) is 7.79. The molecule has 0 aliphatic carbocycles. The number of carbonyl (C=O) groups excluding carboxylic acids is 1. The van der Waals surface area contributed by atoms with E-state index in [4.69, 9.17) is 9.72 Å². The molecule has 0 spiro atoms. The highest BCUT2D eigenvalue weighted by Crippen LogP contribution is 2.25. The number of carbonyl (C=O) groups is 1. The molecule has 4 aromatic rings. The molecule has 1 aliphatic heterocycles. The molecule has 0 saturated carbocycles. The average molecular weight is 412 g/mol. The molecule has 0 bridgehead atoms. The summed E-state index contributed by atoms with van der Waals surface area (Å²) in [5, 5.41) is 8.35. The van der Waals surface area contributed by atoms with Crippen molar-refractivity contribution in [2.75, 3.05) is 13.2 Å². The third kappa shape index (κ3) is 4.20. The van der Waals surface area contributed by atoms with E-state index in [1.165, 1.54) is 0 Å². The molecule has 6 heteroatoms. The highest BCUT2D eigenvalue weighted by atomic mass is 16.5. The summed E-state index contributed by atoms with van der Waals surface area (Å²) in [5.74, 6) is -0.126. The standard InChI is InChI=1S/C25H24N4O2/c30-25(26-15-20-12-7-13-31-20)21-14-23(19-10-5-2-6-11-19)28-24-22(21)16-27-29(24)17-18-8-3-1-4-9-18/h1-6,8-11,14,16,20H,7,12-13,15,17H2,(H,26,30). The van der Waals surface area contributed by atoms with Gasteiger partial charge in [-0.2, -0.15) is 5.10 Å². The first-order valence-corrected chi connectivity index (χ1v) is 10.6. The van der Waals surface area contributed by atoms with Crippen LogP contribution < -0.4 is 5.32 Å². The lowest BCUT2D eigenvalue weighted by Gasteiger charge is -2.12. The fourth-order valence-electron chi connectivity index (χ4n) is 3.97. The molecule has 1 N–H and O–H groups in total. The largest absolute Gasteiger partial charge is 0.376 e. The van der Waals surface area contributed by atoms with E-state index in [0.717, 1.165) is 41.7 Å². The Balaban J connectivity index is 1.53. The number of nitrogens with one attached hydrogen (secondary N) is 1. The van der Waals surface area contributed by atoms with E-state index in [1.54, 1.807) is 6.20 Å². The number of pyridine rings is 1. The third-order valence-electron chi connectivity index (χ3n) is 5.61. The number of fused-ring (bicyclic) bond motifs is 1. The van der Waals surface area contributed by atoms with E-state index >= 15 is 0 Å². The van der Waals surface area contributed by atoms with Gasteiger partial charge in [0.15, 0.2) is 5.65 Å². The zero-order valence-corrected chi connectivity index (χ0v) is 17.2. The van der Waals surface area contributed by atoms with E-state index < -0.39 is 0 Å². The van der Waals surface area contributed by atoms with Crippen LogP contribution in [0.15, 0.2) is 72.9 Å². The summed E-state index contributed by atoms with van der Waals surface area (Å²) in [4.78, 5) is 18.0. The minimum absolute atomic E-state index is 0.0932. The number of nitrogens with zero attached hydrogens (tertiary/aromatic N) is 3. The van der Waals surface area contributed by atoms with Gasteiger partial charge in [-0.05, 0) is 24.5 Å². The number of hydrogen-bond acceptors (Lipinski definition) is 4. The maximum Gasteiger partial charge on any atom is 0.252 e. The first-order chi connectivity index (χ1) is 15.3. The van der Waals surface area contributed by atoms with Gasteiger partial charge in [-0.25, -0.2) is 9.67 Å². The predicted molar refractivity (Wildman–Crippen MR) is 120 cm³/mol. The molecule has 5 rings (SSSR count). The zero-order valence-electron chi connectivity index (χ0n) is 17.2. The summed E-state index contributed by atoms with van der Waals surface area (Å²) in [7, 11) is 0. The van der Waals surface area contributed by atoms with Crippen LogP contribution in [-0.4, -0.2) is 39.9 Å². The Morgan fingerprint density at radius 1 is 1.10 bits per heavy atom. The highest BCUT2D eigenvalue weighted by Gasteiger charge is 2.20. The average Bonchev–Trinajstić information content (AvgIpc) is 3.48. The topological polar surface area (TPSA) is 69.0 Å². The predicted octanol–water partition coefficient (Wildman–Crippen LogP) is 4.06. The van der Waals surface area contributed by atoms with Crippen molar-refractivity contribution in [3.63, 3.8) is 0 Å². The Bertz CT molecular complexity index is 1180. The lowest BCUT2D eigenvalue weighted by molar-refractivity contribution is 0.0859. The fourth-order valence-corrected chi connectivity index (χ4v) is 3.97. The van der Waals surface area contributed by atoms with Crippen molar-refractivity contribution in [2.24, 2.45) is 0 Å². The van der Waals surface area contributed by atoms with Gasteiger partial charge in [-0.1, -0.05) is 60.7 Å². The molecule has 0 radical (unpaired) electrons. The van der Waals surface area contributed by atoms with Crippen molar-refractivity contribution in [1.82, 2.24) is 20.1 Å². The lowest BCUT2D eigenvalue weighted by atomic mass is 10.1. The van der Waals surface area contributed by atoms with Gasteiger partial charge in [0.2, 0.25) is 0 Å². The third-order valence-corrected chi connectivity index (χ3v) is 5.61. The minimum Gasteiger partial charge on any atom is -0.376 e. The van der Waals surface area contributed by atoms with Gasteiger partial charge < -0.3 is 10.1 Å². The lowest BCUT2D eigenvalue weighted by Crippen LogP contribution is -2.31. The van der Waals surface area contributed by atoms with Crippen LogP contribution in [0.5, 0.6) is 0 Å². The molecular formula is C25H24N4O2. The van der Waals surface area contributed by atoms with Crippen LogP contribution in [0.25, 0.3) is 22.3 Å². The first-order valence-electron chi connectivity index (χ1n) is 10.6. The summed E-state index contributed by atoms with van der Waals surface area (Å²) in [6.45, 7) is 1.87. The summed E-state index contributed by atoms with van der Waals surface area (Å²) >= 11 is 0. The Labute approximate surface area is 180 Å². The molecule has 2 aromatic carbocycles. The monoisotopic (exact) mass is 412 g/mol. The van der Waals surface area contributed by atoms with Crippen LogP contribution >= 0.6 is 0 Å². The van der Waals surface area contributed by atoms with Crippen LogP contribution in [0.3, 0.4) is 0 Å². The Morgan fingerprint density at radius 2 is 1.87 bits per heavy atom. The van der Waals surface area contributed by atoms with E-state index in [2.05, 4.69) is 22.5 Å². The molecule has 1 saturated heterocycles. The van der Waals surface area contributed by atoms with Crippen molar-refractivity contribution in [3.05, 3.63) is 84.1 Å². The van der Waals surface area contributed by atoms with Crippen LogP contribution in [0.2, 0.25) is 0 Å². The fraction of sp³-hybridized carbons (Fsp3) is 0.240. The minimum atomic E-state index is -0.126. The number of benzene rings is 2. The summed E-state index contributed by atoms with van der Waals surface area (Å²) in [6.07, 6.45) is 3.86. The van der Waals surface area contributed by atoms with Crippen molar-refractivity contribution in [3.8, 4) is 11.3 Å². The van der Waals surface area contributed by atoms with Crippen LogP contribution in [-0.2, 0) is 11.3 Å². The number of aromatic nitrogens is 3. The number of hydrogen-bond donors (Lipinski definition) is 1. The Hall–Kier alpha value is -3.51. The number of ether oxygens (including phenoxy) is 1. The van der Waals surface area contributed by atoms with Gasteiger partial charge in [0.05, 0.1) is 35.5 Å². The molecule has 2 aromatic heterocycles. The second kappa shape index (κ2) is 8.70. The molecule has 1 unspecified atom stereocenters. The smallest absolute Gasteiger partial charge is 0.252 e. The maximum atomic E-state index is 13.1. The van der Waals surface area contributed by atoms with Gasteiger partial charge in [-0.3, -0.25) is 4.79 Å². The van der Waals surface area contributed by atoms with E-state index in [-0.39, 0.29) is 12.0 Å². The molecule has 31 heavy (non-hydrogen) atoms. The molecule has 6 nitrogen and oxygen atoms in total. The molecule has 1 fully saturated rings. The first kappa shape index (κ1) is 19.5. The molecule has 1 amide bonds. The number of amides is 1. The van der Waals surface area contributed by atoms with E-state index in [0.29, 0.717) is 24.3 Å². The second-order valence-electron chi connectivity index (χ2n) is 7.79. The van der Waals surface area contributed by atoms with Crippen molar-refractivity contribution < 1.29 is 9.53 Å². The maximum absolute atomic E-state index is 13.1. The van der Waals surface area contributed by atoms with E-state index in [9.17, 15) is 4.79 Å². The molecule has 156 valence electrons. The van der Waals surface area contributed by atoms with Crippen LogP contribution in [0, 0.1) is 0 Å². The van der Waals surface area contributed by atoms with E-state index in [1.807, 2.05) is 59.3 Å². The van der Waals surface area contributed by atoms with Gasteiger partial charge in [0.1, 0.15) is 0 Å². The molecular weight excluding hydrogens is 388 g/mol. The normalized spacial score (nSPS) is 15.9. The van der Waals surface area contributed by atoms with Gasteiger partial charge in [0, 0.05) is 18.7 Å². The van der Waals surface area contributed by atoms with Gasteiger partial charge in [-0.15, -0.1) is 0 Å². The molecule has 1 atom stereocenters. The zero-order chi connectivity index (χ0) is 21.0. The highest BCUT2D eigenvalue weighted by molar-refractivity contribution is 6.06. The summed E-state index contributed by atoms with van der Waals surface area (Å²) in [6, 6.07) is 21.9. The molecule has 1 aliphatic rings. The molecule has 3 heterocycles. The summed E-state index contributed by atoms with van der Waals surface area (Å²) < 4.78 is 7.50. The van der Waals surface area contributed by atoms with Crippen LogP contribution in [0.4, 0.5) is 0 Å². The van der Waals surface area contributed by atoms with Crippen molar-refractivity contribution >= 4 is 16.9 Å². The van der Waals surface area contributed by atoms with Crippen molar-refractivity contribution in [1.29, 1.82) is 0 Å². The Morgan fingerprint density at radius 3 is 2.61 bits per heavy atom. The quantitative estimate of drug-likeness (QED) is 0.519. The van der Waals surface area contributed by atoms with Gasteiger partial charge in [0.25, 0.3) is 5.91 Å². The summed E-state index contributed by atoms with van der Waals surface area (Å²) in [5.41, 5.74) is 4.13. The SMILES string of the molecule is O=C(NCC1CCCO1)c1cc(-c2ccccc2)nc2c1cnn2Cc1ccccc1. The van der Waals surface area contributed by atoms with Crippen molar-refractivity contribution in [2.45, 2.75) is 25.5 Å². The Kier molecular flexibility index (Phi) is 5.46. The van der Waals surface area contributed by atoms with Gasteiger partial charge >= 0.3 is 0 Å². The van der Waals surface area contributed by atoms with Crippen LogP contribution in [0.1, 0.15) is 28.8 Å². The number of rotatable bonds is 6.